The van der Waals surface area contributed by atoms with Gasteiger partial charge < -0.3 is 23.7 Å². The predicted octanol–water partition coefficient (Wildman–Crippen LogP) is 3.12. The van der Waals surface area contributed by atoms with Gasteiger partial charge in [-0.1, -0.05) is 43.4 Å². The quantitative estimate of drug-likeness (QED) is 0.440. The molecule has 0 amide bonds. The fraction of sp³-hybridized carbons (Fsp3) is 0.583. The summed E-state index contributed by atoms with van der Waals surface area (Å²) in [6, 6.07) is 8.70. The second-order valence-electron chi connectivity index (χ2n) is 7.90. The molecule has 1 aliphatic carbocycles. The number of benzene rings is 1. The van der Waals surface area contributed by atoms with Gasteiger partial charge in [0, 0.05) is 6.92 Å². The van der Waals surface area contributed by atoms with Gasteiger partial charge in [0.2, 0.25) is 6.29 Å². The molecule has 2 fully saturated rings. The first-order valence-corrected chi connectivity index (χ1v) is 10.8. The molecule has 0 aromatic heterocycles. The zero-order chi connectivity index (χ0) is 22.1. The zero-order valence-electron chi connectivity index (χ0n) is 17.9. The van der Waals surface area contributed by atoms with Crippen molar-refractivity contribution < 1.29 is 33.3 Å². The molecule has 4 atom stereocenters. The highest BCUT2D eigenvalue weighted by atomic mass is 16.7. The van der Waals surface area contributed by atoms with E-state index in [4.69, 9.17) is 30.1 Å². The molecule has 1 heterocycles. The van der Waals surface area contributed by atoms with Crippen LogP contribution in [0.1, 0.15) is 49.4 Å². The number of hydrogen-bond acceptors (Lipinski definition) is 7. The van der Waals surface area contributed by atoms with Gasteiger partial charge in [-0.15, -0.1) is 6.42 Å². The molecular weight excluding hydrogens is 400 g/mol. The Kier molecular flexibility index (Phi) is 8.89. The molecule has 7 heteroatoms. The monoisotopic (exact) mass is 430 g/mol. The molecule has 1 aliphatic heterocycles. The lowest BCUT2D eigenvalue weighted by atomic mass is 9.90. The third-order valence-corrected chi connectivity index (χ3v) is 5.55. The lowest BCUT2D eigenvalue weighted by Crippen LogP contribution is -2.41. The van der Waals surface area contributed by atoms with Crippen LogP contribution in [0.25, 0.3) is 0 Å². The van der Waals surface area contributed by atoms with Gasteiger partial charge in [0.15, 0.2) is 0 Å². The van der Waals surface area contributed by atoms with E-state index in [2.05, 4.69) is 5.92 Å². The molecular formula is C24H30O7. The fourth-order valence-corrected chi connectivity index (χ4v) is 4.02. The van der Waals surface area contributed by atoms with E-state index in [1.54, 1.807) is 24.3 Å². The molecule has 0 radical (unpaired) electrons. The molecule has 168 valence electrons. The van der Waals surface area contributed by atoms with Crippen molar-refractivity contribution >= 4 is 11.9 Å². The second-order valence-corrected chi connectivity index (χ2v) is 7.90. The molecule has 1 saturated heterocycles. The van der Waals surface area contributed by atoms with Crippen molar-refractivity contribution in [1.82, 2.24) is 0 Å². The summed E-state index contributed by atoms with van der Waals surface area (Å²) < 4.78 is 28.6. The maximum atomic E-state index is 12.4. The highest BCUT2D eigenvalue weighted by Gasteiger charge is 2.49. The topological polar surface area (TPSA) is 80.3 Å². The van der Waals surface area contributed by atoms with E-state index in [9.17, 15) is 9.59 Å². The van der Waals surface area contributed by atoms with E-state index in [1.165, 1.54) is 26.2 Å². The van der Waals surface area contributed by atoms with E-state index < -0.39 is 36.5 Å². The van der Waals surface area contributed by atoms with Gasteiger partial charge in [-0.05, 0) is 30.9 Å². The Labute approximate surface area is 183 Å². The van der Waals surface area contributed by atoms with Crippen molar-refractivity contribution in [2.24, 2.45) is 5.92 Å². The maximum Gasteiger partial charge on any atom is 0.338 e. The second kappa shape index (κ2) is 11.8. The molecule has 2 aliphatic rings. The SMILES string of the molecule is C#CCO[C@H]1[C@H](OC(C)=O)O[C@H](COC(=O)c2ccccc2)[C@H]1OCC1CCCCC1. The van der Waals surface area contributed by atoms with Gasteiger partial charge in [-0.3, -0.25) is 4.79 Å². The first-order chi connectivity index (χ1) is 15.1. The average molecular weight is 430 g/mol. The Morgan fingerprint density at radius 1 is 1.06 bits per heavy atom. The predicted molar refractivity (Wildman–Crippen MR) is 112 cm³/mol. The molecule has 31 heavy (non-hydrogen) atoms. The summed E-state index contributed by atoms with van der Waals surface area (Å²) >= 11 is 0. The third kappa shape index (κ3) is 6.79. The van der Waals surface area contributed by atoms with Gasteiger partial charge in [-0.2, -0.15) is 0 Å². The largest absolute Gasteiger partial charge is 0.459 e. The number of hydrogen-bond donors (Lipinski definition) is 0. The summed E-state index contributed by atoms with van der Waals surface area (Å²) in [5.41, 5.74) is 0.442. The van der Waals surface area contributed by atoms with E-state index >= 15 is 0 Å². The highest BCUT2D eigenvalue weighted by Crippen LogP contribution is 2.31. The Morgan fingerprint density at radius 2 is 1.81 bits per heavy atom. The summed E-state index contributed by atoms with van der Waals surface area (Å²) in [5, 5.41) is 0. The van der Waals surface area contributed by atoms with Gasteiger partial charge >= 0.3 is 11.9 Å². The summed E-state index contributed by atoms with van der Waals surface area (Å²) in [6.07, 6.45) is 8.31. The van der Waals surface area contributed by atoms with Crippen molar-refractivity contribution in [3.05, 3.63) is 35.9 Å². The van der Waals surface area contributed by atoms with Crippen molar-refractivity contribution in [2.45, 2.75) is 63.6 Å². The normalized spacial score (nSPS) is 26.2. The van der Waals surface area contributed by atoms with Crippen LogP contribution in [0.3, 0.4) is 0 Å². The molecule has 1 saturated carbocycles. The van der Waals surface area contributed by atoms with E-state index in [0.29, 0.717) is 18.1 Å². The number of ether oxygens (including phenoxy) is 5. The average Bonchev–Trinajstić information content (AvgIpc) is 3.11. The highest BCUT2D eigenvalue weighted by molar-refractivity contribution is 5.89. The van der Waals surface area contributed by atoms with Crippen molar-refractivity contribution in [2.75, 3.05) is 19.8 Å². The minimum Gasteiger partial charge on any atom is -0.459 e. The lowest BCUT2D eigenvalue weighted by molar-refractivity contribution is -0.191. The number of carbonyl (C=O) groups excluding carboxylic acids is 2. The minimum absolute atomic E-state index is 0.0194. The van der Waals surface area contributed by atoms with Gasteiger partial charge in [0.05, 0.1) is 12.2 Å². The first kappa shape index (κ1) is 23.3. The molecule has 0 bridgehead atoms. The number of rotatable bonds is 9. The summed E-state index contributed by atoms with van der Waals surface area (Å²) in [5.74, 6) is 1.91. The standard InChI is InChI=1S/C24H30O7/c1-3-14-27-22-21(28-15-18-10-6-4-7-11-18)20(31-24(22)30-17(2)25)16-29-23(26)19-12-8-5-9-13-19/h1,5,8-9,12-13,18,20-22,24H,4,6-7,10-11,14-16H2,2H3/t20-,21-,22-,24-/m1/s1. The minimum atomic E-state index is -0.984. The summed E-state index contributed by atoms with van der Waals surface area (Å²) in [7, 11) is 0. The smallest absolute Gasteiger partial charge is 0.338 e. The lowest BCUT2D eigenvalue weighted by Gasteiger charge is -2.27. The summed E-state index contributed by atoms with van der Waals surface area (Å²) in [4.78, 5) is 23.9. The Bertz CT molecular complexity index is 751. The Balaban J connectivity index is 1.68. The molecule has 0 spiro atoms. The summed E-state index contributed by atoms with van der Waals surface area (Å²) in [6.45, 7) is 1.80. The van der Waals surface area contributed by atoms with Crippen LogP contribution in [0.2, 0.25) is 0 Å². The van der Waals surface area contributed by atoms with Crippen LogP contribution in [-0.4, -0.2) is 56.4 Å². The van der Waals surface area contributed by atoms with Crippen LogP contribution in [0.5, 0.6) is 0 Å². The van der Waals surface area contributed by atoms with Gasteiger partial charge in [0.1, 0.15) is 31.5 Å². The molecule has 1 aromatic carbocycles. The van der Waals surface area contributed by atoms with E-state index in [0.717, 1.165) is 12.8 Å². The van der Waals surface area contributed by atoms with Crippen LogP contribution in [-0.2, 0) is 28.5 Å². The zero-order valence-corrected chi connectivity index (χ0v) is 17.9. The van der Waals surface area contributed by atoms with Crippen LogP contribution in [0.4, 0.5) is 0 Å². The van der Waals surface area contributed by atoms with E-state index in [-0.39, 0.29) is 13.2 Å². The number of carbonyl (C=O) groups is 2. The molecule has 7 nitrogen and oxygen atoms in total. The fourth-order valence-electron chi connectivity index (χ4n) is 4.02. The molecule has 0 unspecified atom stereocenters. The van der Waals surface area contributed by atoms with Crippen LogP contribution in [0, 0.1) is 18.3 Å². The van der Waals surface area contributed by atoms with Crippen molar-refractivity contribution in [3.63, 3.8) is 0 Å². The Morgan fingerprint density at radius 3 is 2.48 bits per heavy atom. The van der Waals surface area contributed by atoms with Gasteiger partial charge in [-0.25, -0.2) is 4.79 Å². The number of esters is 2. The van der Waals surface area contributed by atoms with Crippen molar-refractivity contribution in [1.29, 1.82) is 0 Å². The van der Waals surface area contributed by atoms with Crippen LogP contribution in [0.15, 0.2) is 30.3 Å². The van der Waals surface area contributed by atoms with Crippen molar-refractivity contribution in [3.8, 4) is 12.3 Å². The van der Waals surface area contributed by atoms with E-state index in [1.807, 2.05) is 6.07 Å². The van der Waals surface area contributed by atoms with Crippen LogP contribution >= 0.6 is 0 Å². The Hall–Kier alpha value is -2.40. The third-order valence-electron chi connectivity index (χ3n) is 5.55. The maximum absolute atomic E-state index is 12.4. The molecule has 0 N–H and O–H groups in total. The van der Waals surface area contributed by atoms with Crippen LogP contribution < -0.4 is 0 Å². The molecule has 3 rings (SSSR count). The number of terminal acetylenes is 1. The first-order valence-electron chi connectivity index (χ1n) is 10.8. The van der Waals surface area contributed by atoms with Gasteiger partial charge in [0.25, 0.3) is 0 Å². The molecule has 1 aromatic rings.